The van der Waals surface area contributed by atoms with E-state index in [1.54, 1.807) is 7.11 Å². The highest BCUT2D eigenvalue weighted by molar-refractivity contribution is 5.79. The normalized spacial score (nSPS) is 12.0. The number of nitrogens with two attached hydrogens (primary N) is 1. The highest BCUT2D eigenvalue weighted by Crippen LogP contribution is 2.23. The SMILES string of the molecule is COc1c(C)cccc1CC(=O)NCC(C)N. The minimum Gasteiger partial charge on any atom is -0.496 e. The molecule has 4 heteroatoms. The van der Waals surface area contributed by atoms with Crippen LogP contribution in [0.3, 0.4) is 0 Å². The van der Waals surface area contributed by atoms with Crippen molar-refractivity contribution in [3.8, 4) is 5.75 Å². The molecular weight excluding hydrogens is 216 g/mol. The lowest BCUT2D eigenvalue weighted by Gasteiger charge is -2.12. The van der Waals surface area contributed by atoms with Crippen molar-refractivity contribution in [3.05, 3.63) is 29.3 Å². The van der Waals surface area contributed by atoms with E-state index in [4.69, 9.17) is 10.5 Å². The molecule has 1 amide bonds. The minimum absolute atomic E-state index is 0.0293. The number of para-hydroxylation sites is 1. The molecule has 1 aromatic rings. The lowest BCUT2D eigenvalue weighted by atomic mass is 10.1. The molecule has 0 aliphatic rings. The maximum atomic E-state index is 11.7. The molecule has 3 N–H and O–H groups in total. The molecule has 17 heavy (non-hydrogen) atoms. The van der Waals surface area contributed by atoms with Crippen LogP contribution in [0.2, 0.25) is 0 Å². The van der Waals surface area contributed by atoms with Crippen molar-refractivity contribution in [2.24, 2.45) is 5.73 Å². The molecule has 94 valence electrons. The van der Waals surface area contributed by atoms with Crippen LogP contribution in [0, 0.1) is 6.92 Å². The van der Waals surface area contributed by atoms with E-state index in [0.29, 0.717) is 13.0 Å². The van der Waals surface area contributed by atoms with Gasteiger partial charge in [0.1, 0.15) is 5.75 Å². The fourth-order valence-corrected chi connectivity index (χ4v) is 1.65. The molecule has 1 unspecified atom stereocenters. The Morgan fingerprint density at radius 2 is 2.24 bits per heavy atom. The predicted octanol–water partition coefficient (Wildman–Crippen LogP) is 1.01. The van der Waals surface area contributed by atoms with Crippen LogP contribution in [-0.4, -0.2) is 25.6 Å². The van der Waals surface area contributed by atoms with E-state index in [1.807, 2.05) is 32.0 Å². The van der Waals surface area contributed by atoms with Crippen LogP contribution in [0.1, 0.15) is 18.1 Å². The maximum absolute atomic E-state index is 11.7. The molecule has 0 heterocycles. The second-order valence-electron chi connectivity index (χ2n) is 4.23. The summed E-state index contributed by atoms with van der Waals surface area (Å²) in [6, 6.07) is 5.75. The van der Waals surface area contributed by atoms with Crippen molar-refractivity contribution in [3.63, 3.8) is 0 Å². The topological polar surface area (TPSA) is 64.3 Å². The number of carbonyl (C=O) groups excluding carboxylic acids is 1. The van der Waals surface area contributed by atoms with E-state index in [1.165, 1.54) is 0 Å². The van der Waals surface area contributed by atoms with E-state index in [0.717, 1.165) is 16.9 Å². The molecule has 1 aromatic carbocycles. The van der Waals surface area contributed by atoms with Crippen LogP contribution < -0.4 is 15.8 Å². The molecule has 0 spiro atoms. The van der Waals surface area contributed by atoms with Gasteiger partial charge in [0, 0.05) is 18.2 Å². The first kappa shape index (κ1) is 13.5. The van der Waals surface area contributed by atoms with Crippen LogP contribution in [-0.2, 0) is 11.2 Å². The number of rotatable bonds is 5. The molecule has 0 bridgehead atoms. The van der Waals surface area contributed by atoms with Crippen molar-refractivity contribution in [2.45, 2.75) is 26.3 Å². The summed E-state index contributed by atoms with van der Waals surface area (Å²) in [6.45, 7) is 4.31. The van der Waals surface area contributed by atoms with Crippen molar-refractivity contribution in [1.82, 2.24) is 5.32 Å². The third-order valence-electron chi connectivity index (χ3n) is 2.47. The van der Waals surface area contributed by atoms with Crippen LogP contribution in [0.25, 0.3) is 0 Å². The van der Waals surface area contributed by atoms with E-state index < -0.39 is 0 Å². The summed E-state index contributed by atoms with van der Waals surface area (Å²) >= 11 is 0. The smallest absolute Gasteiger partial charge is 0.224 e. The largest absolute Gasteiger partial charge is 0.496 e. The number of nitrogens with one attached hydrogen (secondary N) is 1. The lowest BCUT2D eigenvalue weighted by Crippen LogP contribution is -2.36. The Morgan fingerprint density at radius 1 is 1.53 bits per heavy atom. The minimum atomic E-state index is -0.0359. The summed E-state index contributed by atoms with van der Waals surface area (Å²) in [7, 11) is 1.62. The first-order valence-corrected chi connectivity index (χ1v) is 5.69. The number of hydrogen-bond donors (Lipinski definition) is 2. The molecular formula is C13H20N2O2. The summed E-state index contributed by atoms with van der Waals surface area (Å²) in [6.07, 6.45) is 0.317. The number of hydrogen-bond acceptors (Lipinski definition) is 3. The van der Waals surface area contributed by atoms with Gasteiger partial charge < -0.3 is 15.8 Å². The first-order chi connectivity index (χ1) is 8.04. The summed E-state index contributed by atoms with van der Waals surface area (Å²) in [4.78, 5) is 11.7. The van der Waals surface area contributed by atoms with Gasteiger partial charge in [0.2, 0.25) is 5.91 Å². The average molecular weight is 236 g/mol. The molecule has 1 rings (SSSR count). The van der Waals surface area contributed by atoms with E-state index in [2.05, 4.69) is 5.32 Å². The van der Waals surface area contributed by atoms with Gasteiger partial charge in [-0.1, -0.05) is 18.2 Å². The Balaban J connectivity index is 2.68. The molecule has 0 radical (unpaired) electrons. The van der Waals surface area contributed by atoms with Crippen LogP contribution in [0.4, 0.5) is 0 Å². The zero-order chi connectivity index (χ0) is 12.8. The van der Waals surface area contributed by atoms with E-state index in [-0.39, 0.29) is 11.9 Å². The number of methoxy groups -OCH3 is 1. The van der Waals surface area contributed by atoms with Gasteiger partial charge in [-0.3, -0.25) is 4.79 Å². The summed E-state index contributed by atoms with van der Waals surface area (Å²) in [5.41, 5.74) is 7.51. The van der Waals surface area contributed by atoms with Crippen molar-refractivity contribution in [1.29, 1.82) is 0 Å². The Bertz CT molecular complexity index is 389. The Hall–Kier alpha value is -1.55. The summed E-state index contributed by atoms with van der Waals surface area (Å²) in [5.74, 6) is 0.745. The highest BCUT2D eigenvalue weighted by atomic mass is 16.5. The number of ether oxygens (including phenoxy) is 1. The summed E-state index contributed by atoms with van der Waals surface area (Å²) < 4.78 is 5.30. The lowest BCUT2D eigenvalue weighted by molar-refractivity contribution is -0.120. The third kappa shape index (κ3) is 4.07. The van der Waals surface area contributed by atoms with E-state index >= 15 is 0 Å². The van der Waals surface area contributed by atoms with Crippen LogP contribution >= 0.6 is 0 Å². The average Bonchev–Trinajstić information content (AvgIpc) is 2.27. The molecule has 0 aliphatic carbocycles. The monoisotopic (exact) mass is 236 g/mol. The van der Waals surface area contributed by atoms with Crippen molar-refractivity contribution in [2.75, 3.05) is 13.7 Å². The number of carbonyl (C=O) groups is 1. The highest BCUT2D eigenvalue weighted by Gasteiger charge is 2.10. The fourth-order valence-electron chi connectivity index (χ4n) is 1.65. The standard InChI is InChI=1S/C13H20N2O2/c1-9-5-4-6-11(13(9)17-3)7-12(16)15-8-10(2)14/h4-6,10H,7-8,14H2,1-3H3,(H,15,16). The molecule has 0 saturated heterocycles. The first-order valence-electron chi connectivity index (χ1n) is 5.69. The van der Waals surface area contributed by atoms with Gasteiger partial charge in [-0.15, -0.1) is 0 Å². The van der Waals surface area contributed by atoms with Gasteiger partial charge in [-0.05, 0) is 19.4 Å². The Kier molecular flexibility index (Phi) is 4.97. The second kappa shape index (κ2) is 6.25. The van der Waals surface area contributed by atoms with Crippen LogP contribution in [0.5, 0.6) is 5.75 Å². The molecule has 0 aromatic heterocycles. The van der Waals surface area contributed by atoms with Crippen molar-refractivity contribution >= 4 is 5.91 Å². The number of aryl methyl sites for hydroxylation is 1. The number of benzene rings is 1. The van der Waals surface area contributed by atoms with Gasteiger partial charge in [0.05, 0.1) is 13.5 Å². The van der Waals surface area contributed by atoms with Gasteiger partial charge in [0.25, 0.3) is 0 Å². The van der Waals surface area contributed by atoms with Gasteiger partial charge >= 0.3 is 0 Å². The van der Waals surface area contributed by atoms with Crippen molar-refractivity contribution < 1.29 is 9.53 Å². The third-order valence-corrected chi connectivity index (χ3v) is 2.47. The van der Waals surface area contributed by atoms with Gasteiger partial charge in [0.15, 0.2) is 0 Å². The molecule has 0 fully saturated rings. The number of amides is 1. The Labute approximate surface area is 102 Å². The fraction of sp³-hybridized carbons (Fsp3) is 0.462. The quantitative estimate of drug-likeness (QED) is 0.802. The zero-order valence-corrected chi connectivity index (χ0v) is 10.6. The zero-order valence-electron chi connectivity index (χ0n) is 10.6. The second-order valence-corrected chi connectivity index (χ2v) is 4.23. The molecule has 0 saturated carbocycles. The Morgan fingerprint density at radius 3 is 2.82 bits per heavy atom. The molecule has 0 aliphatic heterocycles. The predicted molar refractivity (Wildman–Crippen MR) is 68.1 cm³/mol. The van der Waals surface area contributed by atoms with Crippen LogP contribution in [0.15, 0.2) is 18.2 Å². The molecule has 4 nitrogen and oxygen atoms in total. The van der Waals surface area contributed by atoms with Gasteiger partial charge in [-0.25, -0.2) is 0 Å². The maximum Gasteiger partial charge on any atom is 0.224 e. The summed E-state index contributed by atoms with van der Waals surface area (Å²) in [5, 5.41) is 2.78. The molecule has 1 atom stereocenters. The van der Waals surface area contributed by atoms with E-state index in [9.17, 15) is 4.79 Å². The van der Waals surface area contributed by atoms with Gasteiger partial charge in [-0.2, -0.15) is 0 Å².